The Bertz CT molecular complexity index is 1650. The SMILES string of the molecule is COc1ccc(Nc2cc(COc3cc(C(=O)Nc4ccc(-c5ncc[nH]5)c(C(F)(F)F)c4)ccc3F)[nH]n2)cn1. The summed E-state index contributed by atoms with van der Waals surface area (Å²) in [6.45, 7) is -0.110. The molecule has 0 fully saturated rings. The van der Waals surface area contributed by atoms with Gasteiger partial charge in [0.15, 0.2) is 17.4 Å². The quantitative estimate of drug-likeness (QED) is 0.162. The van der Waals surface area contributed by atoms with E-state index in [9.17, 15) is 22.4 Å². The molecule has 0 saturated carbocycles. The van der Waals surface area contributed by atoms with Crippen LogP contribution >= 0.6 is 0 Å². The number of H-pyrrole nitrogens is 2. The molecule has 5 aromatic rings. The summed E-state index contributed by atoms with van der Waals surface area (Å²) < 4.78 is 66.1. The fraction of sp³-hybridized carbons (Fsp3) is 0.111. The zero-order valence-electron chi connectivity index (χ0n) is 21.2. The van der Waals surface area contributed by atoms with Crippen LogP contribution in [-0.2, 0) is 12.8 Å². The molecule has 3 aromatic heterocycles. The summed E-state index contributed by atoms with van der Waals surface area (Å²) in [5.74, 6) is -0.765. The molecule has 0 atom stereocenters. The number of carbonyl (C=O) groups excluding carboxylic acids is 1. The number of alkyl halides is 3. The molecule has 14 heteroatoms. The second kappa shape index (κ2) is 11.4. The van der Waals surface area contributed by atoms with Gasteiger partial charge >= 0.3 is 6.18 Å². The zero-order valence-corrected chi connectivity index (χ0v) is 21.2. The van der Waals surface area contributed by atoms with E-state index in [2.05, 4.69) is 35.8 Å². The minimum Gasteiger partial charge on any atom is -0.484 e. The van der Waals surface area contributed by atoms with Gasteiger partial charge in [-0.2, -0.15) is 18.3 Å². The summed E-state index contributed by atoms with van der Waals surface area (Å²) >= 11 is 0. The number of aromatic nitrogens is 5. The molecule has 0 saturated heterocycles. The van der Waals surface area contributed by atoms with Crippen LogP contribution in [0.3, 0.4) is 0 Å². The van der Waals surface area contributed by atoms with Gasteiger partial charge in [-0.15, -0.1) is 0 Å². The van der Waals surface area contributed by atoms with Gasteiger partial charge in [-0.3, -0.25) is 9.89 Å². The number of hydrogen-bond acceptors (Lipinski definition) is 7. The highest BCUT2D eigenvalue weighted by atomic mass is 19.4. The number of halogens is 4. The number of rotatable bonds is 9. The Balaban J connectivity index is 1.25. The Morgan fingerprint density at radius 3 is 2.56 bits per heavy atom. The molecule has 0 bridgehead atoms. The standard InChI is InChI=1S/C27H21F4N7O3/c1-40-24-7-4-17(13-34-24)35-23-12-18(37-38-23)14-41-22-10-15(2-6-21(22)28)26(39)36-16-3-5-19(25-32-8-9-33-25)20(11-16)27(29,30)31/h2-13H,14H2,1H3,(H,32,33)(H,36,39)(H2,35,37,38). The van der Waals surface area contributed by atoms with Crippen molar-refractivity contribution in [2.24, 2.45) is 0 Å². The van der Waals surface area contributed by atoms with Gasteiger partial charge in [-0.25, -0.2) is 14.4 Å². The van der Waals surface area contributed by atoms with Crippen molar-refractivity contribution in [2.45, 2.75) is 12.8 Å². The maximum Gasteiger partial charge on any atom is 0.417 e. The molecule has 0 aliphatic rings. The summed E-state index contributed by atoms with van der Waals surface area (Å²) in [6.07, 6.45) is -0.399. The second-order valence-corrected chi connectivity index (χ2v) is 8.58. The largest absolute Gasteiger partial charge is 0.484 e. The Hall–Kier alpha value is -5.40. The lowest BCUT2D eigenvalue weighted by Gasteiger charge is -2.14. The number of ether oxygens (including phenoxy) is 2. The van der Waals surface area contributed by atoms with Gasteiger partial charge in [-0.1, -0.05) is 0 Å². The molecule has 0 spiro atoms. The third-order valence-electron chi connectivity index (χ3n) is 5.76. The number of methoxy groups -OCH3 is 1. The summed E-state index contributed by atoms with van der Waals surface area (Å²) in [6, 6.07) is 11.8. The average Bonchev–Trinajstić information content (AvgIpc) is 3.65. The van der Waals surface area contributed by atoms with E-state index in [1.807, 2.05) is 0 Å². The van der Waals surface area contributed by atoms with Gasteiger partial charge in [0.25, 0.3) is 5.91 Å². The number of amides is 1. The molecule has 0 radical (unpaired) electrons. The van der Waals surface area contributed by atoms with Crippen LogP contribution in [0.2, 0.25) is 0 Å². The van der Waals surface area contributed by atoms with E-state index in [1.165, 1.54) is 37.7 Å². The molecule has 3 heterocycles. The Labute approximate surface area is 229 Å². The van der Waals surface area contributed by atoms with Gasteiger partial charge < -0.3 is 25.1 Å². The molecule has 5 rings (SSSR count). The van der Waals surface area contributed by atoms with Crippen molar-refractivity contribution in [2.75, 3.05) is 17.7 Å². The van der Waals surface area contributed by atoms with E-state index >= 15 is 0 Å². The first-order valence-corrected chi connectivity index (χ1v) is 12.0. The smallest absolute Gasteiger partial charge is 0.417 e. The highest BCUT2D eigenvalue weighted by molar-refractivity contribution is 6.04. The molecular formula is C27H21F4N7O3. The normalized spacial score (nSPS) is 11.2. The van der Waals surface area contributed by atoms with Gasteiger partial charge in [0.05, 0.1) is 30.3 Å². The lowest BCUT2D eigenvalue weighted by Crippen LogP contribution is -2.14. The molecule has 0 unspecified atom stereocenters. The fourth-order valence-corrected chi connectivity index (χ4v) is 3.81. The van der Waals surface area contributed by atoms with Crippen LogP contribution in [0.5, 0.6) is 11.6 Å². The molecule has 2 aromatic carbocycles. The molecule has 41 heavy (non-hydrogen) atoms. The van der Waals surface area contributed by atoms with Crippen molar-refractivity contribution in [3.8, 4) is 23.0 Å². The molecule has 1 amide bonds. The van der Waals surface area contributed by atoms with Crippen LogP contribution in [0, 0.1) is 5.82 Å². The van der Waals surface area contributed by atoms with Gasteiger partial charge in [-0.05, 0) is 42.5 Å². The maximum absolute atomic E-state index is 14.4. The molecule has 4 N–H and O–H groups in total. The number of aromatic amines is 2. The minimum absolute atomic E-state index is 0.0240. The summed E-state index contributed by atoms with van der Waals surface area (Å²) in [5.41, 5.74) is -0.120. The predicted octanol–water partition coefficient (Wildman–Crippen LogP) is 5.94. The highest BCUT2D eigenvalue weighted by Crippen LogP contribution is 2.37. The lowest BCUT2D eigenvalue weighted by molar-refractivity contribution is -0.137. The maximum atomic E-state index is 14.4. The number of carbonyl (C=O) groups is 1. The average molecular weight is 568 g/mol. The van der Waals surface area contributed by atoms with E-state index in [0.29, 0.717) is 23.1 Å². The number of nitrogens with one attached hydrogen (secondary N) is 4. The van der Waals surface area contributed by atoms with Crippen molar-refractivity contribution in [3.63, 3.8) is 0 Å². The minimum atomic E-state index is -4.70. The highest BCUT2D eigenvalue weighted by Gasteiger charge is 2.34. The molecule has 0 aliphatic heterocycles. The van der Waals surface area contributed by atoms with E-state index in [-0.39, 0.29) is 35.0 Å². The van der Waals surface area contributed by atoms with Gasteiger partial charge in [0.1, 0.15) is 12.4 Å². The summed E-state index contributed by atoms with van der Waals surface area (Å²) in [4.78, 5) is 23.4. The predicted molar refractivity (Wildman–Crippen MR) is 140 cm³/mol. The van der Waals surface area contributed by atoms with Crippen LogP contribution in [-0.4, -0.2) is 38.2 Å². The Morgan fingerprint density at radius 2 is 1.85 bits per heavy atom. The van der Waals surface area contributed by atoms with Crippen LogP contribution in [0.25, 0.3) is 11.4 Å². The number of imidazole rings is 1. The van der Waals surface area contributed by atoms with Crippen molar-refractivity contribution in [1.82, 2.24) is 25.1 Å². The first-order chi connectivity index (χ1) is 19.7. The Kier molecular flexibility index (Phi) is 7.54. The number of hydrogen-bond donors (Lipinski definition) is 4. The second-order valence-electron chi connectivity index (χ2n) is 8.58. The Morgan fingerprint density at radius 1 is 1.02 bits per heavy atom. The lowest BCUT2D eigenvalue weighted by atomic mass is 10.0. The van der Waals surface area contributed by atoms with Crippen molar-refractivity contribution in [1.29, 1.82) is 0 Å². The van der Waals surface area contributed by atoms with Crippen molar-refractivity contribution >= 4 is 23.1 Å². The molecule has 210 valence electrons. The van der Waals surface area contributed by atoms with Crippen LogP contribution in [0.4, 0.5) is 34.8 Å². The van der Waals surface area contributed by atoms with E-state index in [0.717, 1.165) is 18.2 Å². The number of pyridine rings is 1. The molecule has 0 aliphatic carbocycles. The van der Waals surface area contributed by atoms with E-state index in [4.69, 9.17) is 9.47 Å². The summed E-state index contributed by atoms with van der Waals surface area (Å²) in [7, 11) is 1.51. The first-order valence-electron chi connectivity index (χ1n) is 12.0. The number of nitrogens with zero attached hydrogens (tertiary/aromatic N) is 3. The molecule has 10 nitrogen and oxygen atoms in total. The van der Waals surface area contributed by atoms with Crippen LogP contribution < -0.4 is 20.1 Å². The van der Waals surface area contributed by atoms with Crippen molar-refractivity contribution < 1.29 is 31.8 Å². The van der Waals surface area contributed by atoms with Gasteiger partial charge in [0.2, 0.25) is 5.88 Å². The fourth-order valence-electron chi connectivity index (χ4n) is 3.81. The first kappa shape index (κ1) is 27.2. The zero-order chi connectivity index (χ0) is 29.0. The van der Waals surface area contributed by atoms with Crippen LogP contribution in [0.1, 0.15) is 21.6 Å². The molecular weight excluding hydrogens is 546 g/mol. The summed E-state index contributed by atoms with van der Waals surface area (Å²) in [5, 5.41) is 12.3. The van der Waals surface area contributed by atoms with E-state index in [1.54, 1.807) is 24.4 Å². The van der Waals surface area contributed by atoms with Gasteiger partial charge in [0, 0.05) is 41.3 Å². The van der Waals surface area contributed by atoms with Crippen LogP contribution in [0.15, 0.2) is 73.2 Å². The third-order valence-corrected chi connectivity index (χ3v) is 5.76. The van der Waals surface area contributed by atoms with E-state index < -0.39 is 23.5 Å². The van der Waals surface area contributed by atoms with Crippen molar-refractivity contribution in [3.05, 3.63) is 95.8 Å². The number of anilines is 3. The number of benzene rings is 2. The topological polar surface area (TPSA) is 130 Å². The monoisotopic (exact) mass is 567 g/mol. The third kappa shape index (κ3) is 6.43.